The van der Waals surface area contributed by atoms with Crippen molar-refractivity contribution in [3.8, 4) is 11.5 Å². The fourth-order valence-electron chi connectivity index (χ4n) is 5.90. The first-order valence-corrected chi connectivity index (χ1v) is 11.5. The van der Waals surface area contributed by atoms with Crippen molar-refractivity contribution in [2.24, 2.45) is 17.6 Å². The molecule has 4 atom stereocenters. The number of nitrogens with one attached hydrogen (secondary N) is 2. The molecule has 2 aromatic rings. The zero-order valence-corrected chi connectivity index (χ0v) is 19.0. The molecule has 10 heteroatoms. The Morgan fingerprint density at radius 3 is 2.71 bits per heavy atom. The summed E-state index contributed by atoms with van der Waals surface area (Å²) in [5.41, 5.74) is 6.87. The first kappa shape index (κ1) is 21.6. The van der Waals surface area contributed by atoms with Crippen LogP contribution >= 0.6 is 0 Å². The van der Waals surface area contributed by atoms with Crippen molar-refractivity contribution in [2.45, 2.75) is 37.9 Å². The van der Waals surface area contributed by atoms with Crippen LogP contribution in [0.3, 0.4) is 0 Å². The molecule has 0 aromatic heterocycles. The Labute approximate surface area is 200 Å². The SMILES string of the molecule is Cc1ccc2c(c1)[C@@]1(N[C@H](CCC(N)=O)[C@H]3C(=O)N(Cc4ccc5c(c4)OCO5)C(=O)[C@H]31)C(=O)N2. The Morgan fingerprint density at radius 1 is 1.11 bits per heavy atom. The predicted octanol–water partition coefficient (Wildman–Crippen LogP) is 0.910. The lowest BCUT2D eigenvalue weighted by molar-refractivity contribution is -0.143. The molecule has 4 aliphatic rings. The molecule has 4 amide bonds. The molecule has 0 unspecified atom stereocenters. The van der Waals surface area contributed by atoms with Crippen LogP contribution in [0.2, 0.25) is 0 Å². The second kappa shape index (κ2) is 7.54. The van der Waals surface area contributed by atoms with Gasteiger partial charge in [-0.25, -0.2) is 0 Å². The molecule has 0 saturated carbocycles. The number of anilines is 1. The summed E-state index contributed by atoms with van der Waals surface area (Å²) in [6.07, 6.45) is 0.270. The van der Waals surface area contributed by atoms with Gasteiger partial charge in [0.1, 0.15) is 5.54 Å². The smallest absolute Gasteiger partial charge is 0.250 e. The fraction of sp³-hybridized carbons (Fsp3) is 0.360. The van der Waals surface area contributed by atoms with E-state index in [1.165, 1.54) is 4.90 Å². The van der Waals surface area contributed by atoms with Gasteiger partial charge in [-0.3, -0.25) is 29.4 Å². The summed E-state index contributed by atoms with van der Waals surface area (Å²) < 4.78 is 10.8. The van der Waals surface area contributed by atoms with Gasteiger partial charge < -0.3 is 20.5 Å². The van der Waals surface area contributed by atoms with Crippen molar-refractivity contribution < 1.29 is 28.7 Å². The molecular formula is C25H24N4O6. The van der Waals surface area contributed by atoms with E-state index in [1.807, 2.05) is 19.1 Å². The van der Waals surface area contributed by atoms with Gasteiger partial charge in [0.25, 0.3) is 0 Å². The maximum atomic E-state index is 13.9. The quantitative estimate of drug-likeness (QED) is 0.545. The summed E-state index contributed by atoms with van der Waals surface area (Å²) >= 11 is 0. The number of primary amides is 1. The van der Waals surface area contributed by atoms with E-state index in [1.54, 1.807) is 24.3 Å². The van der Waals surface area contributed by atoms with Crippen LogP contribution in [-0.4, -0.2) is 41.4 Å². The molecular weight excluding hydrogens is 452 g/mol. The number of nitrogens with two attached hydrogens (primary N) is 1. The van der Waals surface area contributed by atoms with Gasteiger partial charge in [-0.2, -0.15) is 0 Å². The highest BCUT2D eigenvalue weighted by atomic mass is 16.7. The molecule has 0 radical (unpaired) electrons. The van der Waals surface area contributed by atoms with Gasteiger partial charge in [0, 0.05) is 23.7 Å². The molecule has 0 bridgehead atoms. The van der Waals surface area contributed by atoms with Crippen LogP contribution in [0.5, 0.6) is 11.5 Å². The number of aryl methyl sites for hydroxylation is 1. The highest BCUT2D eigenvalue weighted by Crippen LogP contribution is 2.54. The molecule has 0 aliphatic carbocycles. The summed E-state index contributed by atoms with van der Waals surface area (Å²) in [5, 5.41) is 6.19. The normalized spacial score (nSPS) is 28.0. The first-order valence-electron chi connectivity index (χ1n) is 11.5. The van der Waals surface area contributed by atoms with Crippen molar-refractivity contribution in [1.82, 2.24) is 10.2 Å². The zero-order valence-electron chi connectivity index (χ0n) is 19.0. The van der Waals surface area contributed by atoms with Crippen molar-refractivity contribution >= 4 is 29.3 Å². The van der Waals surface area contributed by atoms with Crippen LogP contribution in [-0.2, 0) is 31.3 Å². The van der Waals surface area contributed by atoms with Gasteiger partial charge in [-0.1, -0.05) is 23.8 Å². The number of likely N-dealkylation sites (tertiary alicyclic amines) is 1. The number of fused-ring (bicyclic) bond motifs is 5. The highest BCUT2D eigenvalue weighted by molar-refractivity contribution is 6.15. The predicted molar refractivity (Wildman–Crippen MR) is 122 cm³/mol. The monoisotopic (exact) mass is 476 g/mol. The van der Waals surface area contributed by atoms with Crippen molar-refractivity contribution in [1.29, 1.82) is 0 Å². The summed E-state index contributed by atoms with van der Waals surface area (Å²) in [6, 6.07) is 10.2. The molecule has 4 N–H and O–H groups in total. The molecule has 35 heavy (non-hydrogen) atoms. The molecule has 4 aliphatic heterocycles. The van der Waals surface area contributed by atoms with Crippen molar-refractivity contribution in [3.05, 3.63) is 53.1 Å². The van der Waals surface area contributed by atoms with Crippen LogP contribution < -0.4 is 25.8 Å². The molecule has 180 valence electrons. The molecule has 2 aromatic carbocycles. The van der Waals surface area contributed by atoms with Crippen LogP contribution in [0.4, 0.5) is 5.69 Å². The molecule has 6 rings (SSSR count). The van der Waals surface area contributed by atoms with Crippen LogP contribution in [0.25, 0.3) is 0 Å². The van der Waals surface area contributed by atoms with E-state index in [2.05, 4.69) is 10.6 Å². The summed E-state index contributed by atoms with van der Waals surface area (Å²) in [5.74, 6) is -2.25. The van der Waals surface area contributed by atoms with Crippen molar-refractivity contribution in [2.75, 3.05) is 12.1 Å². The number of benzene rings is 2. The average Bonchev–Trinajstić information content (AvgIpc) is 3.55. The van der Waals surface area contributed by atoms with Crippen LogP contribution in [0.15, 0.2) is 36.4 Å². The minimum absolute atomic E-state index is 0.0306. The number of amides is 4. The van der Waals surface area contributed by atoms with Gasteiger partial charge in [-0.05, 0) is 37.1 Å². The number of hydrogen-bond donors (Lipinski definition) is 3. The Hall–Kier alpha value is -3.92. The second-order valence-electron chi connectivity index (χ2n) is 9.52. The number of carbonyl (C=O) groups excluding carboxylic acids is 4. The lowest BCUT2D eigenvalue weighted by atomic mass is 9.76. The van der Waals surface area contributed by atoms with Crippen LogP contribution in [0, 0.1) is 18.8 Å². The number of nitrogens with zero attached hydrogens (tertiary/aromatic N) is 1. The topological polar surface area (TPSA) is 140 Å². The summed E-state index contributed by atoms with van der Waals surface area (Å²) in [7, 11) is 0. The fourth-order valence-corrected chi connectivity index (χ4v) is 5.90. The Kier molecular flexibility index (Phi) is 4.65. The van der Waals surface area contributed by atoms with E-state index in [-0.39, 0.29) is 38.0 Å². The van der Waals surface area contributed by atoms with Crippen molar-refractivity contribution in [3.63, 3.8) is 0 Å². The number of ether oxygens (including phenoxy) is 2. The van der Waals surface area contributed by atoms with Gasteiger partial charge >= 0.3 is 0 Å². The summed E-state index contributed by atoms with van der Waals surface area (Å²) in [4.78, 5) is 53.8. The maximum absolute atomic E-state index is 13.9. The number of carbonyl (C=O) groups is 4. The minimum Gasteiger partial charge on any atom is -0.454 e. The van der Waals surface area contributed by atoms with Gasteiger partial charge in [0.2, 0.25) is 30.4 Å². The largest absolute Gasteiger partial charge is 0.454 e. The third-order valence-electron chi connectivity index (χ3n) is 7.44. The summed E-state index contributed by atoms with van der Waals surface area (Å²) in [6.45, 7) is 2.07. The third kappa shape index (κ3) is 3.06. The first-order chi connectivity index (χ1) is 16.8. The Bertz CT molecular complexity index is 1310. The lowest BCUT2D eigenvalue weighted by Crippen LogP contribution is -2.53. The standard InChI is InChI=1S/C25H24N4O6/c1-12-2-4-15-14(8-12)25(24(33)27-15)21-20(16(28-25)5-7-19(26)30)22(31)29(23(21)32)10-13-3-6-17-18(9-13)35-11-34-17/h2-4,6,8-9,16,20-21,28H,5,7,10-11H2,1H3,(H2,26,30)(H,27,33)/t16-,20-,21+,25+/m1/s1. The van der Waals surface area contributed by atoms with E-state index in [4.69, 9.17) is 15.2 Å². The van der Waals surface area contributed by atoms with Gasteiger partial charge in [0.05, 0.1) is 18.4 Å². The van der Waals surface area contributed by atoms with Crippen LogP contribution in [0.1, 0.15) is 29.5 Å². The average molecular weight is 476 g/mol. The van der Waals surface area contributed by atoms with Gasteiger partial charge in [-0.15, -0.1) is 0 Å². The molecule has 10 nitrogen and oxygen atoms in total. The number of rotatable bonds is 5. The van der Waals surface area contributed by atoms with E-state index in [0.29, 0.717) is 28.3 Å². The Balaban J connectivity index is 1.40. The molecule has 4 heterocycles. The minimum atomic E-state index is -1.40. The highest BCUT2D eigenvalue weighted by Gasteiger charge is 2.70. The van der Waals surface area contributed by atoms with E-state index in [9.17, 15) is 19.2 Å². The lowest BCUT2D eigenvalue weighted by Gasteiger charge is -2.29. The second-order valence-corrected chi connectivity index (χ2v) is 9.52. The van der Waals surface area contributed by atoms with Gasteiger partial charge in [0.15, 0.2) is 11.5 Å². The third-order valence-corrected chi connectivity index (χ3v) is 7.44. The number of hydrogen-bond acceptors (Lipinski definition) is 7. The molecule has 2 saturated heterocycles. The Morgan fingerprint density at radius 2 is 1.91 bits per heavy atom. The number of imide groups is 1. The molecule has 1 spiro atoms. The molecule has 2 fully saturated rings. The maximum Gasteiger partial charge on any atom is 0.250 e. The van der Waals surface area contributed by atoms with E-state index in [0.717, 1.165) is 5.56 Å². The van der Waals surface area contributed by atoms with E-state index < -0.39 is 35.2 Å². The zero-order chi connectivity index (χ0) is 24.5. The van der Waals surface area contributed by atoms with E-state index >= 15 is 0 Å².